The molecule has 3 rings (SSSR count). The van der Waals surface area contributed by atoms with Crippen LogP contribution in [0, 0.1) is 6.92 Å². The van der Waals surface area contributed by atoms with Gasteiger partial charge in [-0.15, -0.1) is 0 Å². The van der Waals surface area contributed by atoms with Crippen LogP contribution in [0.15, 0.2) is 47.6 Å². The molecular formula is C15H14N4O4S. The fraction of sp³-hybridized carbons (Fsp3) is 0.133. The van der Waals surface area contributed by atoms with Gasteiger partial charge in [0.05, 0.1) is 23.3 Å². The Balaban J connectivity index is 2.01. The van der Waals surface area contributed by atoms with Gasteiger partial charge in [-0.05, 0) is 25.1 Å². The van der Waals surface area contributed by atoms with Crippen molar-refractivity contribution < 1.29 is 18.3 Å². The number of hydrogen-bond acceptors (Lipinski definition) is 5. The minimum absolute atomic E-state index is 0.00579. The van der Waals surface area contributed by atoms with Crippen molar-refractivity contribution in [2.75, 3.05) is 0 Å². The predicted molar refractivity (Wildman–Crippen MR) is 86.2 cm³/mol. The number of amides is 1. The molecule has 0 bridgehead atoms. The summed E-state index contributed by atoms with van der Waals surface area (Å²) in [6.07, 6.45) is 1.56. The Bertz CT molecular complexity index is 1010. The van der Waals surface area contributed by atoms with Crippen molar-refractivity contribution in [3.05, 3.63) is 54.0 Å². The Morgan fingerprint density at radius 1 is 1.25 bits per heavy atom. The largest absolute Gasteiger partial charge is 0.465 e. The van der Waals surface area contributed by atoms with E-state index in [1.807, 2.05) is 6.92 Å². The Morgan fingerprint density at radius 3 is 2.62 bits per heavy atom. The number of rotatable bonds is 4. The molecule has 2 N–H and O–H groups in total. The third-order valence-corrected chi connectivity index (χ3v) is 5.08. The molecule has 1 aromatic carbocycles. The van der Waals surface area contributed by atoms with Crippen molar-refractivity contribution in [1.82, 2.24) is 19.3 Å². The van der Waals surface area contributed by atoms with E-state index in [0.717, 1.165) is 9.54 Å². The molecule has 24 heavy (non-hydrogen) atoms. The summed E-state index contributed by atoms with van der Waals surface area (Å²) in [5.74, 6) is 0. The lowest BCUT2D eigenvalue weighted by Gasteiger charge is -2.07. The van der Waals surface area contributed by atoms with E-state index in [4.69, 9.17) is 5.11 Å². The zero-order valence-corrected chi connectivity index (χ0v) is 13.5. The van der Waals surface area contributed by atoms with Gasteiger partial charge in [0.1, 0.15) is 5.52 Å². The van der Waals surface area contributed by atoms with Crippen LogP contribution in [0.25, 0.3) is 11.2 Å². The van der Waals surface area contributed by atoms with E-state index in [2.05, 4.69) is 15.3 Å². The summed E-state index contributed by atoms with van der Waals surface area (Å²) in [5.41, 5.74) is 1.92. The Labute approximate surface area is 137 Å². The third-order valence-electron chi connectivity index (χ3n) is 3.40. The molecule has 1 amide bonds. The molecule has 2 aromatic heterocycles. The molecule has 0 aliphatic carbocycles. The number of fused-ring (bicyclic) bond motifs is 1. The molecule has 3 aromatic rings. The maximum absolute atomic E-state index is 12.7. The standard InChI is InChI=1S/C15H14N4O4S/c1-10-2-4-12(5-3-10)24(22,23)19-7-6-13-14(19)16-8-11(18-13)9-17-15(20)21/h2-8,17H,9H2,1H3,(H,20,21). The summed E-state index contributed by atoms with van der Waals surface area (Å²) in [4.78, 5) is 19.0. The molecule has 0 fully saturated rings. The minimum Gasteiger partial charge on any atom is -0.465 e. The molecule has 8 nitrogen and oxygen atoms in total. The Morgan fingerprint density at radius 2 is 1.96 bits per heavy atom. The number of aryl methyl sites for hydroxylation is 1. The van der Waals surface area contributed by atoms with Crippen molar-refractivity contribution in [1.29, 1.82) is 0 Å². The van der Waals surface area contributed by atoms with Crippen molar-refractivity contribution in [3.8, 4) is 0 Å². The van der Waals surface area contributed by atoms with E-state index in [0.29, 0.717) is 11.2 Å². The second kappa shape index (κ2) is 5.93. The molecule has 0 atom stereocenters. The first-order valence-corrected chi connectivity index (χ1v) is 8.44. The number of hydrogen-bond donors (Lipinski definition) is 2. The summed E-state index contributed by atoms with van der Waals surface area (Å²) >= 11 is 0. The SMILES string of the molecule is Cc1ccc(S(=O)(=O)n2ccc3nc(CNC(=O)O)cnc32)cc1. The van der Waals surface area contributed by atoms with Gasteiger partial charge in [0, 0.05) is 6.20 Å². The molecule has 0 aliphatic heterocycles. The summed E-state index contributed by atoms with van der Waals surface area (Å²) < 4.78 is 26.5. The van der Waals surface area contributed by atoms with Gasteiger partial charge >= 0.3 is 6.09 Å². The zero-order valence-electron chi connectivity index (χ0n) is 12.7. The van der Waals surface area contributed by atoms with E-state index >= 15 is 0 Å². The van der Waals surface area contributed by atoms with Gasteiger partial charge in [-0.3, -0.25) is 0 Å². The topological polar surface area (TPSA) is 114 Å². The number of nitrogens with zero attached hydrogens (tertiary/aromatic N) is 3. The van der Waals surface area contributed by atoms with Crippen LogP contribution in [0.4, 0.5) is 4.79 Å². The summed E-state index contributed by atoms with van der Waals surface area (Å²) in [5, 5.41) is 10.8. The monoisotopic (exact) mass is 346 g/mol. The van der Waals surface area contributed by atoms with Crippen LogP contribution >= 0.6 is 0 Å². The van der Waals surface area contributed by atoms with Crippen molar-refractivity contribution in [2.45, 2.75) is 18.4 Å². The smallest absolute Gasteiger partial charge is 0.404 e. The zero-order chi connectivity index (χ0) is 17.3. The van der Waals surface area contributed by atoms with Crippen LogP contribution in [0.2, 0.25) is 0 Å². The molecule has 0 saturated carbocycles. The molecule has 0 radical (unpaired) electrons. The molecule has 9 heteroatoms. The highest BCUT2D eigenvalue weighted by atomic mass is 32.2. The number of carbonyl (C=O) groups is 1. The predicted octanol–water partition coefficient (Wildman–Crippen LogP) is 1.74. The van der Waals surface area contributed by atoms with Gasteiger partial charge < -0.3 is 10.4 Å². The average Bonchev–Trinajstić information content (AvgIpc) is 2.97. The van der Waals surface area contributed by atoms with Crippen molar-refractivity contribution in [3.63, 3.8) is 0 Å². The number of aromatic nitrogens is 3. The summed E-state index contributed by atoms with van der Waals surface area (Å²) in [6, 6.07) is 8.04. The van der Waals surface area contributed by atoms with Crippen LogP contribution in [-0.4, -0.2) is 33.6 Å². The van der Waals surface area contributed by atoms with Crippen molar-refractivity contribution in [2.24, 2.45) is 0 Å². The normalized spacial score (nSPS) is 11.5. The first-order chi connectivity index (χ1) is 11.4. The summed E-state index contributed by atoms with van der Waals surface area (Å²) in [6.45, 7) is 1.87. The highest BCUT2D eigenvalue weighted by molar-refractivity contribution is 7.90. The van der Waals surface area contributed by atoms with E-state index < -0.39 is 16.1 Å². The van der Waals surface area contributed by atoms with Gasteiger partial charge in [0.15, 0.2) is 5.65 Å². The lowest BCUT2D eigenvalue weighted by Crippen LogP contribution is -2.20. The maximum Gasteiger partial charge on any atom is 0.404 e. The fourth-order valence-corrected chi connectivity index (χ4v) is 3.49. The van der Waals surface area contributed by atoms with Gasteiger partial charge in [-0.1, -0.05) is 17.7 Å². The molecule has 0 spiro atoms. The van der Waals surface area contributed by atoms with E-state index in [1.165, 1.54) is 30.6 Å². The molecular weight excluding hydrogens is 332 g/mol. The van der Waals surface area contributed by atoms with Crippen LogP contribution in [0.3, 0.4) is 0 Å². The Hall–Kier alpha value is -2.94. The van der Waals surface area contributed by atoms with Gasteiger partial charge in [-0.2, -0.15) is 0 Å². The molecule has 2 heterocycles. The average molecular weight is 346 g/mol. The number of nitrogens with one attached hydrogen (secondary N) is 1. The highest BCUT2D eigenvalue weighted by Gasteiger charge is 2.20. The first-order valence-electron chi connectivity index (χ1n) is 7.00. The second-order valence-corrected chi connectivity index (χ2v) is 6.97. The van der Waals surface area contributed by atoms with Crippen molar-refractivity contribution >= 4 is 27.3 Å². The van der Waals surface area contributed by atoms with E-state index in [9.17, 15) is 13.2 Å². The third kappa shape index (κ3) is 2.93. The lowest BCUT2D eigenvalue weighted by molar-refractivity contribution is 0.194. The lowest BCUT2D eigenvalue weighted by atomic mass is 10.2. The highest BCUT2D eigenvalue weighted by Crippen LogP contribution is 2.20. The second-order valence-electron chi connectivity index (χ2n) is 5.16. The molecule has 0 unspecified atom stereocenters. The van der Waals surface area contributed by atoms with Crippen LogP contribution < -0.4 is 5.32 Å². The summed E-state index contributed by atoms with van der Waals surface area (Å²) in [7, 11) is -3.77. The van der Waals surface area contributed by atoms with Gasteiger partial charge in [0.25, 0.3) is 10.0 Å². The quantitative estimate of drug-likeness (QED) is 0.744. The van der Waals surface area contributed by atoms with Gasteiger partial charge in [0.2, 0.25) is 0 Å². The number of benzene rings is 1. The maximum atomic E-state index is 12.7. The van der Waals surface area contributed by atoms with Gasteiger partial charge in [-0.25, -0.2) is 27.2 Å². The Kier molecular flexibility index (Phi) is 3.94. The van der Waals surface area contributed by atoms with E-state index in [1.54, 1.807) is 12.1 Å². The van der Waals surface area contributed by atoms with Crippen LogP contribution in [0.5, 0.6) is 0 Å². The molecule has 0 saturated heterocycles. The van der Waals surface area contributed by atoms with Crippen LogP contribution in [0.1, 0.15) is 11.3 Å². The van der Waals surface area contributed by atoms with E-state index in [-0.39, 0.29) is 17.1 Å². The minimum atomic E-state index is -3.77. The molecule has 124 valence electrons. The van der Waals surface area contributed by atoms with Crippen LogP contribution in [-0.2, 0) is 16.6 Å². The molecule has 0 aliphatic rings. The number of carboxylic acid groups (broad SMARTS) is 1. The first kappa shape index (κ1) is 15.9. The fourth-order valence-electron chi connectivity index (χ4n) is 2.19.